The lowest BCUT2D eigenvalue weighted by Gasteiger charge is -2.13. The second kappa shape index (κ2) is 10.4. The zero-order valence-electron chi connectivity index (χ0n) is 27.0. The molecular formula is C46H28N4. The third kappa shape index (κ3) is 3.81. The zero-order valence-corrected chi connectivity index (χ0v) is 27.0. The quantitative estimate of drug-likeness (QED) is 0.193. The van der Waals surface area contributed by atoms with Crippen LogP contribution in [0.15, 0.2) is 170 Å². The van der Waals surface area contributed by atoms with E-state index in [9.17, 15) is 0 Å². The van der Waals surface area contributed by atoms with Crippen LogP contribution in [-0.2, 0) is 0 Å². The summed E-state index contributed by atoms with van der Waals surface area (Å²) >= 11 is 0. The molecule has 0 spiro atoms. The number of rotatable bonds is 3. The Morgan fingerprint density at radius 2 is 0.760 bits per heavy atom. The first-order chi connectivity index (χ1) is 24.8. The summed E-state index contributed by atoms with van der Waals surface area (Å²) < 4.78 is 4.95. The summed E-state index contributed by atoms with van der Waals surface area (Å²) in [4.78, 5) is 10.4. The molecular weight excluding hydrogens is 609 g/mol. The molecule has 0 saturated carbocycles. The largest absolute Gasteiger partial charge is 0.307 e. The molecule has 0 saturated heterocycles. The van der Waals surface area contributed by atoms with Gasteiger partial charge in [-0.25, -0.2) is 9.97 Å². The van der Waals surface area contributed by atoms with E-state index in [0.717, 1.165) is 33.6 Å². The Kier molecular flexibility index (Phi) is 5.63. The minimum atomic E-state index is 0.698. The Morgan fingerprint density at radius 1 is 0.300 bits per heavy atom. The molecule has 11 rings (SSSR count). The number of benzene rings is 7. The second-order valence-corrected chi connectivity index (χ2v) is 13.0. The minimum absolute atomic E-state index is 0.698. The van der Waals surface area contributed by atoms with E-state index in [1.165, 1.54) is 59.9 Å². The highest BCUT2D eigenvalue weighted by molar-refractivity contribution is 6.23. The van der Waals surface area contributed by atoms with Gasteiger partial charge < -0.3 is 8.80 Å². The molecule has 4 nitrogen and oxygen atoms in total. The van der Waals surface area contributed by atoms with Crippen LogP contribution in [0.3, 0.4) is 0 Å². The van der Waals surface area contributed by atoms with Gasteiger partial charge in [-0.15, -0.1) is 0 Å². The number of fused-ring (bicyclic) bond motifs is 10. The van der Waals surface area contributed by atoms with Crippen molar-refractivity contribution in [3.63, 3.8) is 0 Å². The SMILES string of the molecule is c1ccc(-c2cc(-c3ccccc3)nc(-c3ccc4c5cccc6c7ccccc7n(c7cccc8c9ccccc9n(c4c3)c87)c65)n2)cc1. The standard InChI is InChI=1S/C46H28N4/c1-3-13-29(14-4-1)38-28-39(30-15-5-2-6-16-30)48-46(47-38)31-25-26-34-36-20-11-19-35-32-17-7-9-22-40(32)49(44(35)36)42-24-12-21-37-33-18-8-10-23-41(33)50(45(37)42)43(34)27-31/h1-28H. The van der Waals surface area contributed by atoms with Crippen molar-refractivity contribution in [1.29, 1.82) is 0 Å². The van der Waals surface area contributed by atoms with Crippen molar-refractivity contribution >= 4 is 65.4 Å². The average molecular weight is 637 g/mol. The van der Waals surface area contributed by atoms with Crippen molar-refractivity contribution < 1.29 is 0 Å². The first kappa shape index (κ1) is 27.2. The lowest BCUT2D eigenvalue weighted by Crippen LogP contribution is -1.97. The maximum absolute atomic E-state index is 5.21. The van der Waals surface area contributed by atoms with E-state index in [4.69, 9.17) is 9.97 Å². The van der Waals surface area contributed by atoms with Crippen molar-refractivity contribution in [3.05, 3.63) is 170 Å². The molecule has 0 bridgehead atoms. The molecule has 7 aromatic carbocycles. The van der Waals surface area contributed by atoms with E-state index in [1.54, 1.807) is 0 Å². The maximum atomic E-state index is 5.21. The predicted octanol–water partition coefficient (Wildman–Crippen LogP) is 11.7. The summed E-state index contributed by atoms with van der Waals surface area (Å²) in [6, 6.07) is 60.6. The number of hydrogen-bond acceptors (Lipinski definition) is 2. The van der Waals surface area contributed by atoms with Gasteiger partial charge >= 0.3 is 0 Å². The first-order valence-electron chi connectivity index (χ1n) is 17.0. The summed E-state index contributed by atoms with van der Waals surface area (Å²) in [6.07, 6.45) is 0. The number of hydrogen-bond donors (Lipinski definition) is 0. The summed E-state index contributed by atoms with van der Waals surface area (Å²) in [7, 11) is 0. The molecule has 0 aliphatic carbocycles. The van der Waals surface area contributed by atoms with Crippen molar-refractivity contribution in [2.45, 2.75) is 0 Å². The van der Waals surface area contributed by atoms with Gasteiger partial charge in [-0.1, -0.05) is 140 Å². The van der Waals surface area contributed by atoms with E-state index < -0.39 is 0 Å². The Hall–Kier alpha value is -6.78. The van der Waals surface area contributed by atoms with Crippen LogP contribution in [0.25, 0.3) is 99.3 Å². The van der Waals surface area contributed by atoms with E-state index in [-0.39, 0.29) is 0 Å². The Bertz CT molecular complexity index is 3080. The van der Waals surface area contributed by atoms with Gasteiger partial charge in [0.2, 0.25) is 0 Å². The third-order valence-corrected chi connectivity index (χ3v) is 10.3. The number of nitrogens with zero attached hydrogens (tertiary/aromatic N) is 4. The lowest BCUT2D eigenvalue weighted by molar-refractivity contribution is 1.18. The van der Waals surface area contributed by atoms with Gasteiger partial charge in [0.05, 0.1) is 44.5 Å². The molecule has 4 heterocycles. The molecule has 0 fully saturated rings. The van der Waals surface area contributed by atoms with Crippen molar-refractivity contribution in [1.82, 2.24) is 18.8 Å². The topological polar surface area (TPSA) is 34.6 Å². The van der Waals surface area contributed by atoms with Crippen LogP contribution in [0.4, 0.5) is 0 Å². The Balaban J connectivity index is 1.34. The monoisotopic (exact) mass is 636 g/mol. The highest BCUT2D eigenvalue weighted by Gasteiger charge is 2.20. The molecule has 50 heavy (non-hydrogen) atoms. The Morgan fingerprint density at radius 3 is 1.38 bits per heavy atom. The number of aromatic nitrogens is 4. The van der Waals surface area contributed by atoms with Crippen LogP contribution in [0.5, 0.6) is 0 Å². The van der Waals surface area contributed by atoms with Gasteiger partial charge in [-0.3, -0.25) is 0 Å². The molecule has 4 heteroatoms. The van der Waals surface area contributed by atoms with E-state index >= 15 is 0 Å². The van der Waals surface area contributed by atoms with Crippen molar-refractivity contribution in [2.24, 2.45) is 0 Å². The molecule has 11 aromatic rings. The molecule has 0 aliphatic heterocycles. The fourth-order valence-corrected chi connectivity index (χ4v) is 8.09. The van der Waals surface area contributed by atoms with Gasteiger partial charge in [-0.2, -0.15) is 0 Å². The Labute approximate surface area is 287 Å². The van der Waals surface area contributed by atoms with Crippen LogP contribution >= 0.6 is 0 Å². The van der Waals surface area contributed by atoms with E-state index in [2.05, 4.69) is 167 Å². The third-order valence-electron chi connectivity index (χ3n) is 10.3. The molecule has 0 atom stereocenters. The molecule has 0 amide bonds. The van der Waals surface area contributed by atoms with Crippen LogP contribution in [-0.4, -0.2) is 18.8 Å². The van der Waals surface area contributed by atoms with Gasteiger partial charge in [0, 0.05) is 49.0 Å². The minimum Gasteiger partial charge on any atom is -0.307 e. The van der Waals surface area contributed by atoms with Crippen molar-refractivity contribution in [3.8, 4) is 33.9 Å². The number of para-hydroxylation sites is 4. The lowest BCUT2D eigenvalue weighted by atomic mass is 10.0. The summed E-state index contributed by atoms with van der Waals surface area (Å²) in [5.74, 6) is 0.698. The van der Waals surface area contributed by atoms with Crippen LogP contribution in [0.2, 0.25) is 0 Å². The highest BCUT2D eigenvalue weighted by atomic mass is 15.0. The molecule has 0 radical (unpaired) electrons. The average Bonchev–Trinajstić information content (AvgIpc) is 3.71. The molecule has 0 aliphatic rings. The van der Waals surface area contributed by atoms with Crippen LogP contribution in [0.1, 0.15) is 0 Å². The van der Waals surface area contributed by atoms with E-state index in [1.807, 2.05) is 12.1 Å². The summed E-state index contributed by atoms with van der Waals surface area (Å²) in [6.45, 7) is 0. The van der Waals surface area contributed by atoms with E-state index in [0.29, 0.717) is 5.82 Å². The summed E-state index contributed by atoms with van der Waals surface area (Å²) in [5.41, 5.74) is 12.0. The first-order valence-corrected chi connectivity index (χ1v) is 17.0. The molecule has 4 aromatic heterocycles. The highest BCUT2D eigenvalue weighted by Crippen LogP contribution is 2.41. The normalized spacial score (nSPS) is 12.0. The second-order valence-electron chi connectivity index (χ2n) is 13.0. The van der Waals surface area contributed by atoms with Gasteiger partial charge in [-0.05, 0) is 30.3 Å². The van der Waals surface area contributed by atoms with Gasteiger partial charge in [0.25, 0.3) is 0 Å². The predicted molar refractivity (Wildman–Crippen MR) is 208 cm³/mol. The smallest absolute Gasteiger partial charge is 0.160 e. The molecule has 232 valence electrons. The maximum Gasteiger partial charge on any atom is 0.160 e. The van der Waals surface area contributed by atoms with Gasteiger partial charge in [0.1, 0.15) is 0 Å². The summed E-state index contributed by atoms with van der Waals surface area (Å²) in [5, 5.41) is 7.33. The van der Waals surface area contributed by atoms with Gasteiger partial charge in [0.15, 0.2) is 5.82 Å². The fourth-order valence-electron chi connectivity index (χ4n) is 8.09. The molecule has 0 unspecified atom stereocenters. The zero-order chi connectivity index (χ0) is 32.8. The van der Waals surface area contributed by atoms with Crippen LogP contribution in [0, 0.1) is 0 Å². The van der Waals surface area contributed by atoms with Crippen LogP contribution < -0.4 is 0 Å². The fraction of sp³-hybridized carbons (Fsp3) is 0. The van der Waals surface area contributed by atoms with Crippen molar-refractivity contribution in [2.75, 3.05) is 0 Å². The molecule has 0 N–H and O–H groups in total.